The number of aliphatic imine (C=N–C) groups is 2. The van der Waals surface area contributed by atoms with Crippen molar-refractivity contribution in [3.63, 3.8) is 0 Å². The molecule has 2 aliphatic rings. The zero-order valence-corrected chi connectivity index (χ0v) is 20.8. The van der Waals surface area contributed by atoms with Gasteiger partial charge in [0.15, 0.2) is 5.66 Å². The van der Waals surface area contributed by atoms with Gasteiger partial charge in [0, 0.05) is 37.2 Å². The van der Waals surface area contributed by atoms with Crippen molar-refractivity contribution in [2.24, 2.45) is 9.98 Å². The average Bonchev–Trinajstić information content (AvgIpc) is 3.17. The van der Waals surface area contributed by atoms with E-state index in [9.17, 15) is 4.79 Å². The minimum atomic E-state index is -0.409. The zero-order valence-electron chi connectivity index (χ0n) is 19.2. The molecule has 8 heteroatoms. The molecule has 6 nitrogen and oxygen atoms in total. The van der Waals surface area contributed by atoms with Crippen molar-refractivity contribution >= 4 is 45.7 Å². The van der Waals surface area contributed by atoms with Crippen LogP contribution in [0.3, 0.4) is 0 Å². The number of thioether (sulfide) groups is 1. The Bertz CT molecular complexity index is 1080. The maximum Gasteiger partial charge on any atom is 0.234 e. The van der Waals surface area contributed by atoms with Gasteiger partial charge in [0.2, 0.25) is 5.91 Å². The normalized spacial score (nSPS) is 17.6. The topological polar surface area (TPSA) is 66.3 Å². The molecule has 174 valence electrons. The molecule has 2 heterocycles. The molecule has 0 aromatic heterocycles. The van der Waals surface area contributed by atoms with Gasteiger partial charge in [-0.1, -0.05) is 60.1 Å². The predicted molar refractivity (Wildman–Crippen MR) is 138 cm³/mol. The van der Waals surface area contributed by atoms with Crippen LogP contribution in [-0.2, 0) is 4.79 Å². The second-order valence-corrected chi connectivity index (χ2v) is 9.72. The molecule has 1 N–H and O–H groups in total. The first-order valence-corrected chi connectivity index (χ1v) is 12.5. The largest absolute Gasteiger partial charge is 0.495 e. The van der Waals surface area contributed by atoms with Crippen LogP contribution < -0.4 is 10.1 Å². The molecule has 33 heavy (non-hydrogen) atoms. The Morgan fingerprint density at radius 2 is 1.91 bits per heavy atom. The molecule has 0 radical (unpaired) electrons. The highest BCUT2D eigenvalue weighted by Gasteiger charge is 2.39. The lowest BCUT2D eigenvalue weighted by molar-refractivity contribution is -0.113. The Morgan fingerprint density at radius 1 is 1.18 bits per heavy atom. The van der Waals surface area contributed by atoms with E-state index in [1.54, 1.807) is 25.3 Å². The number of amides is 1. The molecular weight excluding hydrogens is 456 g/mol. The molecule has 0 unspecified atom stereocenters. The Hall–Kier alpha value is -2.35. The first-order valence-electron chi connectivity index (χ1n) is 11.2. The van der Waals surface area contributed by atoms with Gasteiger partial charge in [-0.2, -0.15) is 0 Å². The third-order valence-electron chi connectivity index (χ3n) is 6.04. The number of methoxy groups -OCH3 is 1. The average molecular weight is 485 g/mol. The van der Waals surface area contributed by atoms with Crippen LogP contribution in [-0.4, -0.2) is 59.7 Å². The van der Waals surface area contributed by atoms with Crippen molar-refractivity contribution in [1.82, 2.24) is 4.90 Å². The molecule has 2 aromatic rings. The van der Waals surface area contributed by atoms with Gasteiger partial charge in [0.1, 0.15) is 10.8 Å². The Balaban J connectivity index is 1.48. The van der Waals surface area contributed by atoms with E-state index >= 15 is 0 Å². The lowest BCUT2D eigenvalue weighted by atomic mass is 9.98. The number of halogens is 1. The first kappa shape index (κ1) is 23.8. The second-order valence-electron chi connectivity index (χ2n) is 8.35. The Labute approximate surface area is 204 Å². The molecule has 1 fully saturated rings. The number of rotatable bonds is 6. The van der Waals surface area contributed by atoms with E-state index in [0.29, 0.717) is 16.5 Å². The van der Waals surface area contributed by atoms with Gasteiger partial charge < -0.3 is 15.0 Å². The quantitative estimate of drug-likeness (QED) is 0.623. The van der Waals surface area contributed by atoms with Crippen molar-refractivity contribution in [2.45, 2.75) is 32.4 Å². The van der Waals surface area contributed by atoms with Crippen LogP contribution in [0.4, 0.5) is 5.69 Å². The second kappa shape index (κ2) is 10.3. The maximum absolute atomic E-state index is 12.7. The van der Waals surface area contributed by atoms with Crippen molar-refractivity contribution in [3.8, 4) is 5.75 Å². The maximum atomic E-state index is 12.7. The number of hydrogen-bond acceptors (Lipinski definition) is 6. The van der Waals surface area contributed by atoms with Gasteiger partial charge in [-0.3, -0.25) is 9.79 Å². The van der Waals surface area contributed by atoms with Gasteiger partial charge in [-0.15, -0.1) is 0 Å². The van der Waals surface area contributed by atoms with E-state index in [1.165, 1.54) is 17.3 Å². The molecule has 0 bridgehead atoms. The third kappa shape index (κ3) is 5.60. The van der Waals surface area contributed by atoms with Crippen LogP contribution in [0.1, 0.15) is 30.9 Å². The molecule has 1 saturated heterocycles. The molecule has 0 aliphatic carbocycles. The number of ether oxygens (including phenoxy) is 1. The Kier molecular flexibility index (Phi) is 7.41. The summed E-state index contributed by atoms with van der Waals surface area (Å²) in [6.45, 7) is 7.28. The number of nitrogens with one attached hydrogen (secondary N) is 1. The number of benzene rings is 2. The summed E-state index contributed by atoms with van der Waals surface area (Å²) in [5, 5.41) is 4.20. The van der Waals surface area contributed by atoms with E-state index in [-0.39, 0.29) is 11.7 Å². The van der Waals surface area contributed by atoms with Crippen LogP contribution in [0.15, 0.2) is 52.4 Å². The standard InChI is InChI=1S/C25H29ClN4O2S/c1-4-30-13-11-25(12-14-30)28-23(18-7-5-17(2)6-8-18)24(29-25)33-16-22(31)27-19-9-10-21(32-3)20(26)15-19/h5-10,15H,4,11-14,16H2,1-3H3,(H,27,31). The highest BCUT2D eigenvalue weighted by Crippen LogP contribution is 2.35. The molecule has 2 aromatic carbocycles. The summed E-state index contributed by atoms with van der Waals surface area (Å²) >= 11 is 7.62. The van der Waals surface area contributed by atoms with Gasteiger partial charge in [-0.25, -0.2) is 4.99 Å². The smallest absolute Gasteiger partial charge is 0.234 e. The fourth-order valence-electron chi connectivity index (χ4n) is 4.05. The SMILES string of the molecule is CCN1CCC2(CC1)N=C(SCC(=O)Nc1ccc(OC)c(Cl)c1)C(c1ccc(C)cc1)=N2. The van der Waals surface area contributed by atoms with Crippen LogP contribution in [0, 0.1) is 6.92 Å². The number of piperidine rings is 1. The fourth-order valence-corrected chi connectivity index (χ4v) is 5.18. The number of nitrogens with zero attached hydrogens (tertiary/aromatic N) is 3. The summed E-state index contributed by atoms with van der Waals surface area (Å²) in [6, 6.07) is 13.5. The monoisotopic (exact) mass is 484 g/mol. The first-order chi connectivity index (χ1) is 15.9. The van der Waals surface area contributed by atoms with E-state index in [1.807, 2.05) is 0 Å². The highest BCUT2D eigenvalue weighted by atomic mass is 35.5. The summed E-state index contributed by atoms with van der Waals surface area (Å²) in [7, 11) is 1.56. The van der Waals surface area contributed by atoms with Gasteiger partial charge in [0.25, 0.3) is 0 Å². The Morgan fingerprint density at radius 3 is 2.55 bits per heavy atom. The predicted octanol–water partition coefficient (Wildman–Crippen LogP) is 5.04. The minimum Gasteiger partial charge on any atom is -0.495 e. The van der Waals surface area contributed by atoms with Gasteiger partial charge in [0.05, 0.1) is 23.6 Å². The number of carbonyl (C=O) groups is 1. The summed E-state index contributed by atoms with van der Waals surface area (Å²) in [4.78, 5) is 25.3. The lowest BCUT2D eigenvalue weighted by Crippen LogP contribution is -2.41. The number of aryl methyl sites for hydroxylation is 1. The summed E-state index contributed by atoms with van der Waals surface area (Å²) < 4.78 is 5.17. The van der Waals surface area contributed by atoms with Crippen LogP contribution >= 0.6 is 23.4 Å². The van der Waals surface area contributed by atoms with E-state index in [0.717, 1.165) is 48.8 Å². The summed E-state index contributed by atoms with van der Waals surface area (Å²) in [6.07, 6.45) is 1.80. The van der Waals surface area contributed by atoms with Crippen molar-refractivity contribution in [3.05, 3.63) is 58.6 Å². The van der Waals surface area contributed by atoms with Crippen molar-refractivity contribution in [1.29, 1.82) is 0 Å². The molecular formula is C25H29ClN4O2S. The highest BCUT2D eigenvalue weighted by molar-refractivity contribution is 8.16. The van der Waals surface area contributed by atoms with Crippen molar-refractivity contribution < 1.29 is 9.53 Å². The van der Waals surface area contributed by atoms with Crippen LogP contribution in [0.2, 0.25) is 5.02 Å². The molecule has 1 spiro atoms. The van der Waals surface area contributed by atoms with Gasteiger partial charge >= 0.3 is 0 Å². The molecule has 4 rings (SSSR count). The number of carbonyl (C=O) groups excluding carboxylic acids is 1. The third-order valence-corrected chi connectivity index (χ3v) is 7.30. The number of likely N-dealkylation sites (tertiary alicyclic amines) is 1. The molecule has 1 amide bonds. The summed E-state index contributed by atoms with van der Waals surface area (Å²) in [5.74, 6) is 0.696. The fraction of sp³-hybridized carbons (Fsp3) is 0.400. The molecule has 2 aliphatic heterocycles. The number of hydrogen-bond donors (Lipinski definition) is 1. The molecule has 0 saturated carbocycles. The van der Waals surface area contributed by atoms with E-state index in [4.69, 9.17) is 26.3 Å². The van der Waals surface area contributed by atoms with Crippen LogP contribution in [0.5, 0.6) is 5.75 Å². The summed E-state index contributed by atoms with van der Waals surface area (Å²) in [5.41, 5.74) is 3.37. The van der Waals surface area contributed by atoms with E-state index in [2.05, 4.69) is 48.3 Å². The van der Waals surface area contributed by atoms with Gasteiger partial charge in [-0.05, 0) is 31.7 Å². The van der Waals surface area contributed by atoms with Crippen molar-refractivity contribution in [2.75, 3.05) is 37.8 Å². The lowest BCUT2D eigenvalue weighted by Gasteiger charge is -2.34. The van der Waals surface area contributed by atoms with Crippen LogP contribution in [0.25, 0.3) is 0 Å². The molecule has 0 atom stereocenters. The minimum absolute atomic E-state index is 0.117. The zero-order chi connectivity index (χ0) is 23.4. The number of anilines is 1. The van der Waals surface area contributed by atoms with E-state index < -0.39 is 5.66 Å².